The number of aromatic nitrogens is 2. The van der Waals surface area contributed by atoms with Crippen LogP contribution in [0.25, 0.3) is 0 Å². The zero-order chi connectivity index (χ0) is 19.1. The summed E-state index contributed by atoms with van der Waals surface area (Å²) < 4.78 is 0. The first-order valence-electron chi connectivity index (χ1n) is 8.92. The van der Waals surface area contributed by atoms with Gasteiger partial charge < -0.3 is 15.1 Å². The molecule has 1 aromatic heterocycles. The summed E-state index contributed by atoms with van der Waals surface area (Å²) in [5.41, 5.74) is 0. The minimum absolute atomic E-state index is 0.0406. The van der Waals surface area contributed by atoms with Crippen LogP contribution in [-0.2, 0) is 9.59 Å². The van der Waals surface area contributed by atoms with Crippen molar-refractivity contribution in [2.24, 2.45) is 0 Å². The van der Waals surface area contributed by atoms with Gasteiger partial charge in [-0.1, -0.05) is 37.2 Å². The summed E-state index contributed by atoms with van der Waals surface area (Å²) in [5.74, 6) is 1.12. The van der Waals surface area contributed by atoms with Crippen LogP contribution in [0.2, 0.25) is 5.15 Å². The number of carbonyl (C=O) groups excluding carboxylic acids is 2. The van der Waals surface area contributed by atoms with E-state index in [4.69, 9.17) is 11.6 Å². The van der Waals surface area contributed by atoms with Crippen LogP contribution in [0.4, 0.5) is 5.82 Å². The molecule has 1 N–H and O–H groups in total. The van der Waals surface area contributed by atoms with Crippen molar-refractivity contribution in [3.63, 3.8) is 0 Å². The van der Waals surface area contributed by atoms with Crippen molar-refractivity contribution in [3.05, 3.63) is 11.2 Å². The summed E-state index contributed by atoms with van der Waals surface area (Å²) in [5, 5.41) is 3.76. The summed E-state index contributed by atoms with van der Waals surface area (Å²) in [6.45, 7) is 8.63. The van der Waals surface area contributed by atoms with E-state index in [0.29, 0.717) is 42.9 Å². The first kappa shape index (κ1) is 20.8. The van der Waals surface area contributed by atoms with Gasteiger partial charge in [0.1, 0.15) is 11.0 Å². The van der Waals surface area contributed by atoms with E-state index in [0.717, 1.165) is 12.2 Å². The Kier molecular flexibility index (Phi) is 7.96. The van der Waals surface area contributed by atoms with Crippen molar-refractivity contribution in [1.29, 1.82) is 0 Å². The number of piperazine rings is 1. The van der Waals surface area contributed by atoms with Gasteiger partial charge in [0.05, 0.1) is 5.75 Å². The summed E-state index contributed by atoms with van der Waals surface area (Å²) in [7, 11) is 0. The fraction of sp³-hybridized carbons (Fsp3) is 0.647. The maximum absolute atomic E-state index is 11.9. The minimum Gasteiger partial charge on any atom is -0.353 e. The number of hydrogen-bond acceptors (Lipinski definition) is 6. The van der Waals surface area contributed by atoms with Crippen LogP contribution in [-0.4, -0.2) is 64.7 Å². The number of rotatable bonds is 7. The van der Waals surface area contributed by atoms with Crippen LogP contribution >= 0.6 is 23.4 Å². The van der Waals surface area contributed by atoms with E-state index >= 15 is 0 Å². The van der Waals surface area contributed by atoms with E-state index in [-0.39, 0.29) is 23.6 Å². The number of hydrogen-bond donors (Lipinski definition) is 1. The van der Waals surface area contributed by atoms with Gasteiger partial charge in [-0.15, -0.1) is 0 Å². The highest BCUT2D eigenvalue weighted by Crippen LogP contribution is 2.23. The lowest BCUT2D eigenvalue weighted by Crippen LogP contribution is -2.48. The summed E-state index contributed by atoms with van der Waals surface area (Å²) >= 11 is 7.41. The lowest BCUT2D eigenvalue weighted by molar-refractivity contribution is -0.131. The number of halogens is 1. The van der Waals surface area contributed by atoms with Gasteiger partial charge in [0.15, 0.2) is 5.16 Å². The van der Waals surface area contributed by atoms with Gasteiger partial charge in [0, 0.05) is 44.7 Å². The van der Waals surface area contributed by atoms with Crippen LogP contribution in [0.3, 0.4) is 0 Å². The summed E-state index contributed by atoms with van der Waals surface area (Å²) in [4.78, 5) is 36.4. The van der Waals surface area contributed by atoms with Gasteiger partial charge >= 0.3 is 0 Å². The molecule has 1 saturated heterocycles. The Labute approximate surface area is 163 Å². The highest BCUT2D eigenvalue weighted by Gasteiger charge is 2.21. The molecule has 2 amide bonds. The molecule has 2 rings (SSSR count). The molecular formula is C17H26ClN5O2S. The predicted octanol–water partition coefficient (Wildman–Crippen LogP) is 2.20. The van der Waals surface area contributed by atoms with Gasteiger partial charge in [0.25, 0.3) is 0 Å². The highest BCUT2D eigenvalue weighted by molar-refractivity contribution is 7.99. The second-order valence-corrected chi connectivity index (χ2v) is 7.55. The Morgan fingerprint density at radius 1 is 1.27 bits per heavy atom. The van der Waals surface area contributed by atoms with Crippen molar-refractivity contribution >= 4 is 41.0 Å². The van der Waals surface area contributed by atoms with Crippen LogP contribution < -0.4 is 10.2 Å². The van der Waals surface area contributed by atoms with Crippen LogP contribution in [0, 0.1) is 0 Å². The van der Waals surface area contributed by atoms with Gasteiger partial charge in [0.2, 0.25) is 11.8 Å². The third-order valence-electron chi connectivity index (χ3n) is 4.27. The van der Waals surface area contributed by atoms with Crippen LogP contribution in [0.15, 0.2) is 11.2 Å². The zero-order valence-corrected chi connectivity index (χ0v) is 17.1. The minimum atomic E-state index is -0.0406. The molecule has 0 saturated carbocycles. The number of carbonyl (C=O) groups is 2. The predicted molar refractivity (Wildman–Crippen MR) is 105 cm³/mol. The zero-order valence-electron chi connectivity index (χ0n) is 15.5. The van der Waals surface area contributed by atoms with Crippen LogP contribution in [0.1, 0.15) is 33.6 Å². The van der Waals surface area contributed by atoms with Gasteiger partial charge in [-0.2, -0.15) is 0 Å². The number of nitrogens with one attached hydrogen (secondary N) is 1. The van der Waals surface area contributed by atoms with Crippen LogP contribution in [0.5, 0.6) is 0 Å². The monoisotopic (exact) mass is 399 g/mol. The molecule has 1 aliphatic rings. The first-order chi connectivity index (χ1) is 12.4. The van der Waals surface area contributed by atoms with E-state index in [1.165, 1.54) is 11.8 Å². The molecule has 1 aliphatic heterocycles. The van der Waals surface area contributed by atoms with E-state index in [1.807, 2.05) is 25.7 Å². The molecule has 0 aromatic carbocycles. The van der Waals surface area contributed by atoms with Gasteiger partial charge in [-0.25, -0.2) is 9.97 Å². The quantitative estimate of drug-likeness (QED) is 0.430. The van der Waals surface area contributed by atoms with Gasteiger partial charge in [-0.05, 0) is 13.3 Å². The van der Waals surface area contributed by atoms with E-state index in [9.17, 15) is 9.59 Å². The topological polar surface area (TPSA) is 78.4 Å². The molecule has 1 fully saturated rings. The molecular weight excluding hydrogens is 374 g/mol. The third-order valence-corrected chi connectivity index (χ3v) is 5.31. The lowest BCUT2D eigenvalue weighted by atomic mass is 10.3. The Balaban J connectivity index is 1.95. The molecule has 7 nitrogen and oxygen atoms in total. The molecule has 0 bridgehead atoms. The average molecular weight is 400 g/mol. The number of thioether (sulfide) groups is 1. The Morgan fingerprint density at radius 2 is 1.96 bits per heavy atom. The summed E-state index contributed by atoms with van der Waals surface area (Å²) in [6.07, 6.45) is 1.42. The van der Waals surface area contributed by atoms with Crippen molar-refractivity contribution in [3.8, 4) is 0 Å². The normalized spacial score (nSPS) is 15.7. The average Bonchev–Trinajstić information content (AvgIpc) is 2.65. The number of anilines is 1. The smallest absolute Gasteiger partial charge is 0.230 e. The van der Waals surface area contributed by atoms with E-state index in [1.54, 1.807) is 6.07 Å². The second-order valence-electron chi connectivity index (χ2n) is 6.22. The van der Waals surface area contributed by atoms with E-state index < -0.39 is 0 Å². The second kappa shape index (κ2) is 9.97. The summed E-state index contributed by atoms with van der Waals surface area (Å²) in [6, 6.07) is 1.88. The molecule has 1 aromatic rings. The molecule has 26 heavy (non-hydrogen) atoms. The van der Waals surface area contributed by atoms with Crippen molar-refractivity contribution in [2.75, 3.05) is 36.8 Å². The molecule has 1 atom stereocenters. The van der Waals surface area contributed by atoms with Crippen molar-refractivity contribution in [2.45, 2.75) is 44.8 Å². The third kappa shape index (κ3) is 6.02. The maximum atomic E-state index is 11.9. The number of amides is 2. The molecule has 2 heterocycles. The molecule has 1 unspecified atom stereocenters. The Bertz CT molecular complexity index is 638. The fourth-order valence-corrected chi connectivity index (χ4v) is 3.46. The lowest BCUT2D eigenvalue weighted by Gasteiger charge is -2.35. The van der Waals surface area contributed by atoms with Gasteiger partial charge in [-0.3, -0.25) is 9.59 Å². The maximum Gasteiger partial charge on any atom is 0.230 e. The molecule has 0 aliphatic carbocycles. The molecule has 144 valence electrons. The molecule has 9 heteroatoms. The highest BCUT2D eigenvalue weighted by atomic mass is 35.5. The first-order valence-corrected chi connectivity index (χ1v) is 10.3. The standard InChI is InChI=1S/C17H26ClN5O2S/c1-4-12(3)19-15(24)11-26-17-20-13(18)10-14(21-17)22-6-8-23(9-7-22)16(25)5-2/h10,12H,4-9,11H2,1-3H3,(H,19,24). The molecule has 0 radical (unpaired) electrons. The number of nitrogens with zero attached hydrogens (tertiary/aromatic N) is 4. The van der Waals surface area contributed by atoms with Crippen molar-refractivity contribution < 1.29 is 9.59 Å². The fourth-order valence-electron chi connectivity index (χ4n) is 2.57. The largest absolute Gasteiger partial charge is 0.353 e. The van der Waals surface area contributed by atoms with E-state index in [2.05, 4.69) is 20.2 Å². The van der Waals surface area contributed by atoms with Crippen molar-refractivity contribution in [1.82, 2.24) is 20.2 Å². The molecule has 0 spiro atoms. The Morgan fingerprint density at radius 3 is 2.58 bits per heavy atom. The SMILES string of the molecule is CCC(=O)N1CCN(c2cc(Cl)nc(SCC(=O)NC(C)CC)n2)CC1. The Hall–Kier alpha value is -1.54.